The summed E-state index contributed by atoms with van der Waals surface area (Å²) in [6, 6.07) is 0. The molecular weight excluding hydrogens is 204 g/mol. The molecule has 0 aromatic carbocycles. The molecule has 0 aromatic heterocycles. The van der Waals surface area contributed by atoms with Gasteiger partial charge in [0.05, 0.1) is 12.0 Å². The van der Waals surface area contributed by atoms with E-state index in [1.165, 1.54) is 19.3 Å². The van der Waals surface area contributed by atoms with Crippen LogP contribution >= 0.6 is 0 Å². The summed E-state index contributed by atoms with van der Waals surface area (Å²) >= 11 is 0. The first kappa shape index (κ1) is 13.5. The minimum atomic E-state index is -0.252. The van der Waals surface area contributed by atoms with E-state index >= 15 is 0 Å². The Bertz CT molecular complexity index is 209. The van der Waals surface area contributed by atoms with Gasteiger partial charge in [0.1, 0.15) is 6.10 Å². The Morgan fingerprint density at radius 3 is 2.62 bits per heavy atom. The lowest BCUT2D eigenvalue weighted by molar-refractivity contribution is -0.163. The highest BCUT2D eigenvalue weighted by molar-refractivity contribution is 5.72. The van der Waals surface area contributed by atoms with E-state index in [2.05, 4.69) is 6.92 Å². The second-order valence-electron chi connectivity index (χ2n) is 4.93. The predicted octanol–water partition coefficient (Wildman–Crippen LogP) is 2.66. The van der Waals surface area contributed by atoms with Crippen LogP contribution in [0.4, 0.5) is 0 Å². The zero-order valence-electron chi connectivity index (χ0n) is 10.4. The molecule has 1 unspecified atom stereocenters. The number of ether oxygens (including phenoxy) is 1. The van der Waals surface area contributed by atoms with Crippen molar-refractivity contribution in [2.75, 3.05) is 0 Å². The summed E-state index contributed by atoms with van der Waals surface area (Å²) in [7, 11) is 0. The largest absolute Gasteiger partial charge is 0.462 e. The first-order chi connectivity index (χ1) is 7.63. The van der Waals surface area contributed by atoms with Gasteiger partial charge in [0, 0.05) is 12.8 Å². The van der Waals surface area contributed by atoms with Crippen molar-refractivity contribution in [1.29, 1.82) is 0 Å². The number of rotatable bonds is 7. The third-order valence-corrected chi connectivity index (χ3v) is 3.25. The van der Waals surface area contributed by atoms with E-state index in [4.69, 9.17) is 9.84 Å². The molecule has 0 bridgehead atoms. The lowest BCUT2D eigenvalue weighted by Gasteiger charge is -2.31. The SMILES string of the molecule is CCCCCCC(C)C(=O)OC1CC(O)C1. The number of carbonyl (C=O) groups is 1. The maximum Gasteiger partial charge on any atom is 0.308 e. The molecule has 3 nitrogen and oxygen atoms in total. The van der Waals surface area contributed by atoms with Crippen molar-refractivity contribution >= 4 is 5.97 Å². The molecule has 0 heterocycles. The van der Waals surface area contributed by atoms with Crippen LogP contribution in [0.1, 0.15) is 58.8 Å². The molecular formula is C13H24O3. The van der Waals surface area contributed by atoms with Gasteiger partial charge in [0.15, 0.2) is 0 Å². The van der Waals surface area contributed by atoms with Crippen molar-refractivity contribution in [2.24, 2.45) is 5.92 Å². The minimum Gasteiger partial charge on any atom is -0.462 e. The maximum atomic E-state index is 11.6. The smallest absolute Gasteiger partial charge is 0.308 e. The van der Waals surface area contributed by atoms with Gasteiger partial charge in [0.2, 0.25) is 0 Å². The van der Waals surface area contributed by atoms with Crippen molar-refractivity contribution < 1.29 is 14.6 Å². The monoisotopic (exact) mass is 228 g/mol. The number of unbranched alkanes of at least 4 members (excludes halogenated alkanes) is 3. The van der Waals surface area contributed by atoms with Crippen LogP contribution in [-0.2, 0) is 9.53 Å². The fraction of sp³-hybridized carbons (Fsp3) is 0.923. The number of aliphatic hydroxyl groups is 1. The fourth-order valence-corrected chi connectivity index (χ4v) is 1.91. The van der Waals surface area contributed by atoms with Gasteiger partial charge in [-0.3, -0.25) is 4.79 Å². The van der Waals surface area contributed by atoms with Gasteiger partial charge >= 0.3 is 5.97 Å². The van der Waals surface area contributed by atoms with E-state index in [9.17, 15) is 4.79 Å². The summed E-state index contributed by atoms with van der Waals surface area (Å²) in [4.78, 5) is 11.6. The van der Waals surface area contributed by atoms with E-state index in [1.54, 1.807) is 0 Å². The van der Waals surface area contributed by atoms with Crippen LogP contribution in [0.5, 0.6) is 0 Å². The molecule has 1 aliphatic carbocycles. The summed E-state index contributed by atoms with van der Waals surface area (Å²) in [6.45, 7) is 4.11. The highest BCUT2D eigenvalue weighted by atomic mass is 16.5. The molecule has 0 radical (unpaired) electrons. The van der Waals surface area contributed by atoms with Gasteiger partial charge in [-0.2, -0.15) is 0 Å². The van der Waals surface area contributed by atoms with Crippen LogP contribution in [0.25, 0.3) is 0 Å². The zero-order valence-corrected chi connectivity index (χ0v) is 10.4. The molecule has 1 saturated carbocycles. The molecule has 0 aromatic rings. The average Bonchev–Trinajstić information content (AvgIpc) is 2.21. The average molecular weight is 228 g/mol. The Morgan fingerprint density at radius 2 is 2.06 bits per heavy atom. The summed E-state index contributed by atoms with van der Waals surface area (Å²) in [5.74, 6) is -0.0806. The highest BCUT2D eigenvalue weighted by Gasteiger charge is 2.31. The van der Waals surface area contributed by atoms with Crippen molar-refractivity contribution in [3.63, 3.8) is 0 Å². The van der Waals surface area contributed by atoms with E-state index in [0.717, 1.165) is 12.8 Å². The third kappa shape index (κ3) is 4.52. The summed E-state index contributed by atoms with van der Waals surface area (Å²) < 4.78 is 5.28. The van der Waals surface area contributed by atoms with Gasteiger partial charge in [-0.15, -0.1) is 0 Å². The molecule has 94 valence electrons. The summed E-state index contributed by atoms with van der Waals surface area (Å²) in [5.41, 5.74) is 0. The van der Waals surface area contributed by atoms with E-state index < -0.39 is 0 Å². The van der Waals surface area contributed by atoms with Crippen molar-refractivity contribution in [2.45, 2.75) is 71.0 Å². The fourth-order valence-electron chi connectivity index (χ4n) is 1.91. The van der Waals surface area contributed by atoms with E-state index in [0.29, 0.717) is 12.8 Å². The topological polar surface area (TPSA) is 46.5 Å². The van der Waals surface area contributed by atoms with Crippen molar-refractivity contribution in [3.05, 3.63) is 0 Å². The normalized spacial score (nSPS) is 25.9. The molecule has 0 aliphatic heterocycles. The Morgan fingerprint density at radius 1 is 1.38 bits per heavy atom. The quantitative estimate of drug-likeness (QED) is 0.538. The second-order valence-corrected chi connectivity index (χ2v) is 4.93. The van der Waals surface area contributed by atoms with Crippen LogP contribution in [0.3, 0.4) is 0 Å². The second kappa shape index (κ2) is 6.89. The number of hydrogen-bond acceptors (Lipinski definition) is 3. The van der Waals surface area contributed by atoms with Gasteiger partial charge in [0.25, 0.3) is 0 Å². The van der Waals surface area contributed by atoms with Crippen LogP contribution in [-0.4, -0.2) is 23.3 Å². The van der Waals surface area contributed by atoms with E-state index in [1.807, 2.05) is 6.92 Å². The highest BCUT2D eigenvalue weighted by Crippen LogP contribution is 2.24. The van der Waals surface area contributed by atoms with Crippen molar-refractivity contribution in [1.82, 2.24) is 0 Å². The van der Waals surface area contributed by atoms with Crippen LogP contribution in [0.2, 0.25) is 0 Å². The summed E-state index contributed by atoms with van der Waals surface area (Å²) in [6.07, 6.45) is 6.66. The molecule has 0 saturated heterocycles. The Labute approximate surface area is 98.2 Å². The first-order valence-corrected chi connectivity index (χ1v) is 6.52. The maximum absolute atomic E-state index is 11.6. The molecule has 1 atom stereocenters. The standard InChI is InChI=1S/C13H24O3/c1-3-4-5-6-7-10(2)13(15)16-12-8-11(14)9-12/h10-12,14H,3-9H2,1-2H3. The van der Waals surface area contributed by atoms with Gasteiger partial charge in [-0.05, 0) is 6.42 Å². The minimum absolute atomic E-state index is 0.00889. The summed E-state index contributed by atoms with van der Waals surface area (Å²) in [5, 5.41) is 9.08. The lowest BCUT2D eigenvalue weighted by Crippen LogP contribution is -2.38. The molecule has 1 fully saturated rings. The van der Waals surface area contributed by atoms with Crippen molar-refractivity contribution in [3.8, 4) is 0 Å². The van der Waals surface area contributed by atoms with Gasteiger partial charge in [-0.25, -0.2) is 0 Å². The molecule has 16 heavy (non-hydrogen) atoms. The Balaban J connectivity index is 2.06. The van der Waals surface area contributed by atoms with Crippen LogP contribution in [0.15, 0.2) is 0 Å². The number of carbonyl (C=O) groups excluding carboxylic acids is 1. The predicted molar refractivity (Wildman–Crippen MR) is 63.0 cm³/mol. The number of esters is 1. The molecule has 3 heteroatoms. The molecule has 1 rings (SSSR count). The van der Waals surface area contributed by atoms with Crippen LogP contribution < -0.4 is 0 Å². The van der Waals surface area contributed by atoms with Gasteiger partial charge in [-0.1, -0.05) is 39.5 Å². The van der Waals surface area contributed by atoms with Crippen LogP contribution in [0, 0.1) is 5.92 Å². The first-order valence-electron chi connectivity index (χ1n) is 6.52. The molecule has 0 spiro atoms. The third-order valence-electron chi connectivity index (χ3n) is 3.25. The van der Waals surface area contributed by atoms with Gasteiger partial charge < -0.3 is 9.84 Å². The molecule has 0 amide bonds. The number of aliphatic hydroxyl groups excluding tert-OH is 1. The Kier molecular flexibility index (Phi) is 5.81. The Hall–Kier alpha value is -0.570. The number of hydrogen-bond donors (Lipinski definition) is 1. The van der Waals surface area contributed by atoms with E-state index in [-0.39, 0.29) is 24.1 Å². The lowest BCUT2D eigenvalue weighted by atomic mass is 9.92. The molecule has 1 N–H and O–H groups in total. The molecule has 1 aliphatic rings. The zero-order chi connectivity index (χ0) is 12.0.